The Morgan fingerprint density at radius 1 is 1.33 bits per heavy atom. The smallest absolute Gasteiger partial charge is 0.0935 e. The van der Waals surface area contributed by atoms with Crippen molar-refractivity contribution in [3.63, 3.8) is 0 Å². The molecule has 0 aromatic carbocycles. The first kappa shape index (κ1) is 10.4. The Labute approximate surface area is 92.9 Å². The molecular formula is C11H14N2OS. The second-order valence-electron chi connectivity index (χ2n) is 3.54. The third-order valence-electron chi connectivity index (χ3n) is 2.36. The standard InChI is InChI=1S/C11H14N2OS/c12-13-11(5-9-1-3-14-7-9)6-10-2-4-15-8-10/h1-4,7-8,11,13H,5-6,12H2. The van der Waals surface area contributed by atoms with E-state index in [2.05, 4.69) is 22.3 Å². The van der Waals surface area contributed by atoms with Gasteiger partial charge in [0.1, 0.15) is 0 Å². The molecule has 0 radical (unpaired) electrons. The summed E-state index contributed by atoms with van der Waals surface area (Å²) in [7, 11) is 0. The second kappa shape index (κ2) is 5.11. The van der Waals surface area contributed by atoms with Gasteiger partial charge in [-0.25, -0.2) is 0 Å². The van der Waals surface area contributed by atoms with E-state index in [-0.39, 0.29) is 6.04 Å². The SMILES string of the molecule is NNC(Cc1ccoc1)Cc1ccsc1. The molecule has 0 saturated carbocycles. The minimum Gasteiger partial charge on any atom is -0.472 e. The van der Waals surface area contributed by atoms with Crippen LogP contribution in [0.15, 0.2) is 39.8 Å². The van der Waals surface area contributed by atoms with Gasteiger partial charge >= 0.3 is 0 Å². The lowest BCUT2D eigenvalue weighted by molar-refractivity contribution is 0.515. The van der Waals surface area contributed by atoms with E-state index >= 15 is 0 Å². The molecule has 2 aromatic rings. The average molecular weight is 222 g/mol. The molecule has 0 spiro atoms. The molecule has 2 heterocycles. The number of thiophene rings is 1. The van der Waals surface area contributed by atoms with Crippen LogP contribution in [0.25, 0.3) is 0 Å². The third-order valence-corrected chi connectivity index (χ3v) is 3.09. The summed E-state index contributed by atoms with van der Waals surface area (Å²) in [6, 6.07) is 4.36. The molecule has 2 aromatic heterocycles. The number of hydrogen-bond acceptors (Lipinski definition) is 4. The summed E-state index contributed by atoms with van der Waals surface area (Å²) in [5.41, 5.74) is 5.34. The van der Waals surface area contributed by atoms with Crippen molar-refractivity contribution >= 4 is 11.3 Å². The van der Waals surface area contributed by atoms with Gasteiger partial charge in [0.05, 0.1) is 12.5 Å². The highest BCUT2D eigenvalue weighted by Crippen LogP contribution is 2.11. The molecule has 0 aliphatic carbocycles. The average Bonchev–Trinajstić information content (AvgIpc) is 2.89. The first-order chi connectivity index (χ1) is 7.38. The molecule has 80 valence electrons. The van der Waals surface area contributed by atoms with Gasteiger partial charge in [-0.3, -0.25) is 11.3 Å². The number of nitrogens with one attached hydrogen (secondary N) is 1. The molecule has 0 bridgehead atoms. The zero-order valence-corrected chi connectivity index (χ0v) is 9.17. The lowest BCUT2D eigenvalue weighted by Crippen LogP contribution is -2.38. The van der Waals surface area contributed by atoms with E-state index in [4.69, 9.17) is 10.3 Å². The van der Waals surface area contributed by atoms with E-state index in [1.165, 1.54) is 11.1 Å². The quantitative estimate of drug-likeness (QED) is 0.600. The van der Waals surface area contributed by atoms with Crippen molar-refractivity contribution in [1.82, 2.24) is 5.43 Å². The van der Waals surface area contributed by atoms with Crippen LogP contribution in [-0.2, 0) is 12.8 Å². The molecule has 0 fully saturated rings. The van der Waals surface area contributed by atoms with Crippen molar-refractivity contribution in [2.24, 2.45) is 5.84 Å². The fourth-order valence-electron chi connectivity index (χ4n) is 1.58. The molecule has 4 heteroatoms. The molecule has 1 atom stereocenters. The molecule has 3 nitrogen and oxygen atoms in total. The van der Waals surface area contributed by atoms with Crippen LogP contribution in [0.5, 0.6) is 0 Å². The lowest BCUT2D eigenvalue weighted by atomic mass is 10.0. The van der Waals surface area contributed by atoms with Gasteiger partial charge in [-0.1, -0.05) is 0 Å². The fraction of sp³-hybridized carbons (Fsp3) is 0.273. The Hall–Kier alpha value is -1.10. The summed E-state index contributed by atoms with van der Waals surface area (Å²) in [6.45, 7) is 0. The Morgan fingerprint density at radius 2 is 2.20 bits per heavy atom. The third kappa shape index (κ3) is 2.92. The molecule has 0 saturated heterocycles. The highest BCUT2D eigenvalue weighted by molar-refractivity contribution is 7.07. The van der Waals surface area contributed by atoms with Gasteiger partial charge in [0.2, 0.25) is 0 Å². The van der Waals surface area contributed by atoms with Crippen LogP contribution in [0, 0.1) is 0 Å². The number of hydrogen-bond donors (Lipinski definition) is 2. The number of furan rings is 1. The Morgan fingerprint density at radius 3 is 2.80 bits per heavy atom. The van der Waals surface area contributed by atoms with Gasteiger partial charge in [0.25, 0.3) is 0 Å². The van der Waals surface area contributed by atoms with Gasteiger partial charge in [0.15, 0.2) is 0 Å². The maximum Gasteiger partial charge on any atom is 0.0935 e. The Balaban J connectivity index is 1.93. The predicted molar refractivity (Wildman–Crippen MR) is 61.5 cm³/mol. The maximum absolute atomic E-state index is 5.53. The van der Waals surface area contributed by atoms with Crippen LogP contribution in [0.2, 0.25) is 0 Å². The van der Waals surface area contributed by atoms with Gasteiger partial charge in [-0.2, -0.15) is 11.3 Å². The summed E-state index contributed by atoms with van der Waals surface area (Å²) in [5.74, 6) is 5.53. The molecule has 15 heavy (non-hydrogen) atoms. The van der Waals surface area contributed by atoms with Gasteiger partial charge in [-0.15, -0.1) is 0 Å². The summed E-state index contributed by atoms with van der Waals surface area (Å²) in [4.78, 5) is 0. The van der Waals surface area contributed by atoms with E-state index < -0.39 is 0 Å². The lowest BCUT2D eigenvalue weighted by Gasteiger charge is -2.13. The van der Waals surface area contributed by atoms with Gasteiger partial charge < -0.3 is 4.42 Å². The topological polar surface area (TPSA) is 51.2 Å². The van der Waals surface area contributed by atoms with Gasteiger partial charge in [-0.05, 0) is 46.9 Å². The van der Waals surface area contributed by atoms with Crippen LogP contribution < -0.4 is 11.3 Å². The van der Waals surface area contributed by atoms with Crippen LogP contribution in [0.4, 0.5) is 0 Å². The molecule has 1 unspecified atom stereocenters. The highest BCUT2D eigenvalue weighted by Gasteiger charge is 2.09. The molecule has 0 amide bonds. The summed E-state index contributed by atoms with van der Waals surface area (Å²) >= 11 is 1.71. The molecular weight excluding hydrogens is 208 g/mol. The van der Waals surface area contributed by atoms with Gasteiger partial charge in [0, 0.05) is 6.04 Å². The minimum atomic E-state index is 0.261. The van der Waals surface area contributed by atoms with Crippen molar-refractivity contribution in [1.29, 1.82) is 0 Å². The van der Waals surface area contributed by atoms with Crippen molar-refractivity contribution in [2.75, 3.05) is 0 Å². The minimum absolute atomic E-state index is 0.261. The Bertz CT molecular complexity index is 333. The fourth-order valence-corrected chi connectivity index (χ4v) is 2.26. The summed E-state index contributed by atoms with van der Waals surface area (Å²) in [5, 5.41) is 4.24. The maximum atomic E-state index is 5.53. The monoisotopic (exact) mass is 222 g/mol. The summed E-state index contributed by atoms with van der Waals surface area (Å²) < 4.78 is 5.03. The van der Waals surface area contributed by atoms with Crippen LogP contribution >= 0.6 is 11.3 Å². The zero-order valence-electron chi connectivity index (χ0n) is 8.35. The van der Waals surface area contributed by atoms with E-state index in [0.717, 1.165) is 12.8 Å². The van der Waals surface area contributed by atoms with Crippen molar-refractivity contribution in [2.45, 2.75) is 18.9 Å². The molecule has 0 aliphatic rings. The molecule has 2 rings (SSSR count). The van der Waals surface area contributed by atoms with Crippen LogP contribution in [0.1, 0.15) is 11.1 Å². The first-order valence-electron chi connectivity index (χ1n) is 4.87. The van der Waals surface area contributed by atoms with E-state index in [1.54, 1.807) is 23.9 Å². The zero-order chi connectivity index (χ0) is 10.5. The van der Waals surface area contributed by atoms with E-state index in [0.29, 0.717) is 0 Å². The second-order valence-corrected chi connectivity index (χ2v) is 4.32. The van der Waals surface area contributed by atoms with Crippen LogP contribution in [-0.4, -0.2) is 6.04 Å². The molecule has 0 aliphatic heterocycles. The van der Waals surface area contributed by atoms with E-state index in [9.17, 15) is 0 Å². The van der Waals surface area contributed by atoms with Crippen LogP contribution in [0.3, 0.4) is 0 Å². The number of nitrogens with two attached hydrogens (primary N) is 1. The number of hydrazine groups is 1. The van der Waals surface area contributed by atoms with Crippen molar-refractivity contribution in [3.8, 4) is 0 Å². The highest BCUT2D eigenvalue weighted by atomic mass is 32.1. The number of rotatable bonds is 5. The van der Waals surface area contributed by atoms with E-state index in [1.807, 2.05) is 6.07 Å². The predicted octanol–water partition coefficient (Wildman–Crippen LogP) is 1.96. The Kier molecular flexibility index (Phi) is 3.55. The summed E-state index contributed by atoms with van der Waals surface area (Å²) in [6.07, 6.45) is 5.29. The molecule has 3 N–H and O–H groups in total. The first-order valence-corrected chi connectivity index (χ1v) is 5.81. The normalized spacial score (nSPS) is 12.9. The largest absolute Gasteiger partial charge is 0.472 e. The van der Waals surface area contributed by atoms with Crippen molar-refractivity contribution in [3.05, 3.63) is 46.5 Å². The van der Waals surface area contributed by atoms with Crippen molar-refractivity contribution < 1.29 is 4.42 Å².